The molecule has 0 radical (unpaired) electrons. The van der Waals surface area contributed by atoms with Crippen molar-refractivity contribution in [2.75, 3.05) is 23.7 Å². The van der Waals surface area contributed by atoms with Crippen LogP contribution in [0.4, 0.5) is 5.69 Å². The average molecular weight is 608 g/mol. The second-order valence-corrected chi connectivity index (χ2v) is 15.1. The van der Waals surface area contributed by atoms with E-state index >= 15 is 0 Å². The van der Waals surface area contributed by atoms with Crippen LogP contribution in [0.15, 0.2) is 48.9 Å². The summed E-state index contributed by atoms with van der Waals surface area (Å²) in [4.78, 5) is 23.9. The Morgan fingerprint density at radius 3 is 2.49 bits per heavy atom. The molecule has 2 aromatic heterocycles. The van der Waals surface area contributed by atoms with Crippen LogP contribution < -0.4 is 10.2 Å². The van der Waals surface area contributed by atoms with E-state index < -0.39 is 16.3 Å². The summed E-state index contributed by atoms with van der Waals surface area (Å²) >= 11 is 7.67. The Morgan fingerprint density at radius 2 is 1.83 bits per heavy atom. The van der Waals surface area contributed by atoms with Gasteiger partial charge in [0, 0.05) is 65.4 Å². The van der Waals surface area contributed by atoms with E-state index in [1.807, 2.05) is 12.3 Å². The molecule has 3 saturated carbocycles. The van der Waals surface area contributed by atoms with Crippen molar-refractivity contribution in [2.24, 2.45) is 5.92 Å². The number of benzene rings is 1. The molecule has 214 valence electrons. The number of rotatable bonds is 5. The maximum absolute atomic E-state index is 12.2. The standard InChI is InChI=1S/C20H18ClN3OS2.C11H16N2O/c21-16-9-15(10-22-11-16)19-23-12-18(26-19)14-1-3-17(4-2-14)24-7-8-27(25)20(13-24)5-6-20;12-8-11(6-7-11)13-10(14)9-4-2-1-3-5-9/h1-4,9-12H,5-8,13H2;9H,1-7H2,(H,13,14). The highest BCUT2D eigenvalue weighted by Gasteiger charge is 2.51. The van der Waals surface area contributed by atoms with Gasteiger partial charge in [0.2, 0.25) is 5.91 Å². The largest absolute Gasteiger partial charge is 0.369 e. The van der Waals surface area contributed by atoms with E-state index in [1.165, 1.54) is 12.1 Å². The topological polar surface area (TPSA) is 99.0 Å². The number of thiazole rings is 1. The first-order valence-electron chi connectivity index (χ1n) is 14.4. The SMILES string of the molecule is N#CC1(NC(=O)C2CCCCC2)CC1.O=S1CCN(c2ccc(-c3cnc(-c4cncc(Cl)c4)s3)cc2)CC12CC2. The number of pyridine rings is 1. The highest BCUT2D eigenvalue weighted by atomic mass is 35.5. The van der Waals surface area contributed by atoms with Gasteiger partial charge >= 0.3 is 0 Å². The van der Waals surface area contributed by atoms with Gasteiger partial charge in [0.15, 0.2) is 0 Å². The third kappa shape index (κ3) is 6.50. The van der Waals surface area contributed by atoms with E-state index in [0.717, 1.165) is 91.2 Å². The molecule has 3 aromatic rings. The van der Waals surface area contributed by atoms with E-state index in [4.69, 9.17) is 16.9 Å². The van der Waals surface area contributed by atoms with E-state index in [9.17, 15) is 9.00 Å². The summed E-state index contributed by atoms with van der Waals surface area (Å²) in [6.07, 6.45) is 14.8. The molecule has 1 aromatic carbocycles. The first-order valence-corrected chi connectivity index (χ1v) is 16.9. The zero-order valence-corrected chi connectivity index (χ0v) is 25.4. The first-order chi connectivity index (χ1) is 19.9. The lowest BCUT2D eigenvalue weighted by atomic mass is 9.88. The molecule has 1 spiro atoms. The van der Waals surface area contributed by atoms with Crippen molar-refractivity contribution in [2.45, 2.75) is 68.1 Å². The van der Waals surface area contributed by atoms with Gasteiger partial charge in [0.05, 0.1) is 20.7 Å². The Balaban J connectivity index is 0.000000182. The molecular formula is C31H34ClN5O2S2. The summed E-state index contributed by atoms with van der Waals surface area (Å²) in [6, 6.07) is 12.7. The minimum atomic E-state index is -0.648. The van der Waals surface area contributed by atoms with Crippen LogP contribution in [0.5, 0.6) is 0 Å². The molecule has 1 atom stereocenters. The highest BCUT2D eigenvalue weighted by molar-refractivity contribution is 7.86. The fourth-order valence-electron chi connectivity index (χ4n) is 5.65. The summed E-state index contributed by atoms with van der Waals surface area (Å²) in [7, 11) is -0.648. The molecule has 1 amide bonds. The lowest BCUT2D eigenvalue weighted by molar-refractivity contribution is -0.126. The van der Waals surface area contributed by atoms with E-state index in [2.05, 4.69) is 50.5 Å². The number of halogens is 1. The molecule has 0 bridgehead atoms. The van der Waals surface area contributed by atoms with Crippen LogP contribution in [-0.4, -0.2) is 49.2 Å². The maximum atomic E-state index is 12.2. The third-order valence-corrected chi connectivity index (χ3v) is 12.0. The van der Waals surface area contributed by atoms with Crippen molar-refractivity contribution in [1.82, 2.24) is 15.3 Å². The lowest BCUT2D eigenvalue weighted by Gasteiger charge is -2.34. The number of carbonyl (C=O) groups is 1. The number of hydrogen-bond acceptors (Lipinski definition) is 7. The zero-order valence-electron chi connectivity index (χ0n) is 23.0. The maximum Gasteiger partial charge on any atom is 0.224 e. The predicted molar refractivity (Wildman–Crippen MR) is 165 cm³/mol. The predicted octanol–water partition coefficient (Wildman–Crippen LogP) is 6.37. The molecule has 3 aliphatic carbocycles. The summed E-state index contributed by atoms with van der Waals surface area (Å²) < 4.78 is 12.3. The molecule has 1 aliphatic heterocycles. The van der Waals surface area contributed by atoms with Gasteiger partial charge in [-0.3, -0.25) is 14.0 Å². The van der Waals surface area contributed by atoms with Crippen LogP contribution >= 0.6 is 22.9 Å². The van der Waals surface area contributed by atoms with E-state index in [0.29, 0.717) is 5.02 Å². The Kier molecular flexibility index (Phi) is 8.17. The number of hydrogen-bond donors (Lipinski definition) is 1. The zero-order chi connectivity index (χ0) is 28.5. The number of nitrogens with one attached hydrogen (secondary N) is 1. The Hall–Kier alpha value is -2.80. The fraction of sp³-hybridized carbons (Fsp3) is 0.484. The molecule has 41 heavy (non-hydrogen) atoms. The van der Waals surface area contributed by atoms with Crippen LogP contribution in [0.3, 0.4) is 0 Å². The Bertz CT molecular complexity index is 1470. The van der Waals surface area contributed by atoms with Crippen LogP contribution in [-0.2, 0) is 15.6 Å². The molecule has 10 heteroatoms. The minimum Gasteiger partial charge on any atom is -0.369 e. The molecule has 1 saturated heterocycles. The quantitative estimate of drug-likeness (QED) is 0.362. The van der Waals surface area contributed by atoms with Gasteiger partial charge in [0.1, 0.15) is 10.5 Å². The van der Waals surface area contributed by atoms with Crippen molar-refractivity contribution in [3.05, 3.63) is 53.9 Å². The Morgan fingerprint density at radius 1 is 1.07 bits per heavy atom. The number of nitriles is 1. The van der Waals surface area contributed by atoms with E-state index in [1.54, 1.807) is 23.7 Å². The summed E-state index contributed by atoms with van der Waals surface area (Å²) in [5.41, 5.74) is 2.82. The summed E-state index contributed by atoms with van der Waals surface area (Å²) in [5, 5.41) is 13.3. The second-order valence-electron chi connectivity index (χ2n) is 11.6. The smallest absolute Gasteiger partial charge is 0.224 e. The second kappa shape index (κ2) is 11.8. The molecule has 1 unspecified atom stereocenters. The molecule has 7 nitrogen and oxygen atoms in total. The monoisotopic (exact) mass is 607 g/mol. The lowest BCUT2D eigenvalue weighted by Crippen LogP contribution is -2.45. The molecular weight excluding hydrogens is 574 g/mol. The number of amides is 1. The van der Waals surface area contributed by atoms with Crippen LogP contribution in [0.1, 0.15) is 57.8 Å². The Labute approximate surface area is 252 Å². The number of carbonyl (C=O) groups excluding carboxylic acids is 1. The number of nitrogens with zero attached hydrogens (tertiary/aromatic N) is 4. The van der Waals surface area contributed by atoms with Crippen molar-refractivity contribution in [3.8, 4) is 27.1 Å². The third-order valence-electron chi connectivity index (χ3n) is 8.59. The molecule has 4 fully saturated rings. The molecule has 1 N–H and O–H groups in total. The van der Waals surface area contributed by atoms with Gasteiger partial charge in [-0.1, -0.05) is 43.0 Å². The molecule has 4 aliphatic rings. The van der Waals surface area contributed by atoms with Crippen molar-refractivity contribution < 1.29 is 9.00 Å². The van der Waals surface area contributed by atoms with Gasteiger partial charge in [0.25, 0.3) is 0 Å². The molecule has 3 heterocycles. The van der Waals surface area contributed by atoms with Crippen molar-refractivity contribution >= 4 is 45.3 Å². The molecule has 7 rings (SSSR count). The van der Waals surface area contributed by atoms with Gasteiger partial charge in [-0.15, -0.1) is 11.3 Å². The van der Waals surface area contributed by atoms with Crippen molar-refractivity contribution in [1.29, 1.82) is 5.26 Å². The fourth-order valence-corrected chi connectivity index (χ4v) is 8.41. The van der Waals surface area contributed by atoms with Gasteiger partial charge < -0.3 is 10.2 Å². The summed E-state index contributed by atoms with van der Waals surface area (Å²) in [5.74, 6) is 1.08. The normalized spacial score (nSPS) is 22.2. The average Bonchev–Trinajstić information content (AvgIpc) is 3.91. The minimum absolute atomic E-state index is 0.0779. The van der Waals surface area contributed by atoms with Crippen LogP contribution in [0.25, 0.3) is 21.0 Å². The number of anilines is 1. The van der Waals surface area contributed by atoms with Gasteiger partial charge in [-0.2, -0.15) is 5.26 Å². The van der Waals surface area contributed by atoms with Gasteiger partial charge in [-0.25, -0.2) is 4.98 Å². The van der Waals surface area contributed by atoms with Crippen LogP contribution in [0.2, 0.25) is 5.02 Å². The summed E-state index contributed by atoms with van der Waals surface area (Å²) in [6.45, 7) is 1.80. The highest BCUT2D eigenvalue weighted by Crippen LogP contribution is 2.45. The van der Waals surface area contributed by atoms with Crippen LogP contribution in [0, 0.1) is 17.2 Å². The van der Waals surface area contributed by atoms with Gasteiger partial charge in [-0.05, 0) is 62.3 Å². The number of aromatic nitrogens is 2. The van der Waals surface area contributed by atoms with E-state index in [-0.39, 0.29) is 16.6 Å². The van der Waals surface area contributed by atoms with Crippen molar-refractivity contribution in [3.63, 3.8) is 0 Å². The first kappa shape index (κ1) is 28.3.